The summed E-state index contributed by atoms with van der Waals surface area (Å²) < 4.78 is 58.6. The number of aromatic nitrogens is 1. The molecule has 0 atom stereocenters. The Morgan fingerprint density at radius 3 is 2.39 bits per heavy atom. The number of halogens is 2. The molecule has 0 unspecified atom stereocenters. The van der Waals surface area contributed by atoms with Gasteiger partial charge in [0, 0.05) is 11.8 Å². The number of fused-ring (bicyclic) bond motifs is 1. The van der Waals surface area contributed by atoms with Gasteiger partial charge in [0.15, 0.2) is 11.5 Å². The molecule has 188 valence electrons. The minimum absolute atomic E-state index is 0.0628. The number of sulfone groups is 1. The Morgan fingerprint density at radius 2 is 1.72 bits per heavy atom. The largest absolute Gasteiger partial charge is 0.586 e. The molecule has 1 aliphatic heterocycles. The molecule has 1 aliphatic carbocycles. The summed E-state index contributed by atoms with van der Waals surface area (Å²) in [5.41, 5.74) is 3.09. The Hall–Kier alpha value is -3.53. The van der Waals surface area contributed by atoms with E-state index in [1.165, 1.54) is 18.4 Å². The third kappa shape index (κ3) is 4.90. The maximum Gasteiger partial charge on any atom is 0.586 e. The average molecular weight is 515 g/mol. The molecule has 1 fully saturated rings. The van der Waals surface area contributed by atoms with Crippen molar-refractivity contribution in [3.8, 4) is 22.8 Å². The zero-order valence-corrected chi connectivity index (χ0v) is 20.5. The van der Waals surface area contributed by atoms with Crippen molar-refractivity contribution in [2.24, 2.45) is 0 Å². The topological polar surface area (TPSA) is 94.6 Å². The van der Waals surface area contributed by atoms with Gasteiger partial charge in [-0.15, -0.1) is 8.78 Å². The number of amides is 1. The highest BCUT2D eigenvalue weighted by Gasteiger charge is 2.53. The molecule has 1 N–H and O–H groups in total. The van der Waals surface area contributed by atoms with E-state index in [1.807, 2.05) is 37.3 Å². The number of ether oxygens (including phenoxy) is 2. The van der Waals surface area contributed by atoms with Crippen LogP contribution in [-0.4, -0.2) is 37.6 Å². The van der Waals surface area contributed by atoms with Crippen LogP contribution < -0.4 is 14.8 Å². The number of aryl methyl sites for hydroxylation is 2. The molecule has 0 radical (unpaired) electrons. The van der Waals surface area contributed by atoms with Crippen molar-refractivity contribution in [2.75, 3.05) is 17.3 Å². The fourth-order valence-corrected chi connectivity index (χ4v) is 4.88. The molecule has 2 aliphatic rings. The fourth-order valence-electron chi connectivity index (χ4n) is 4.28. The summed E-state index contributed by atoms with van der Waals surface area (Å²) >= 11 is 0. The number of alkyl halides is 2. The van der Waals surface area contributed by atoms with Gasteiger partial charge in [-0.25, -0.2) is 13.4 Å². The first kappa shape index (κ1) is 24.2. The summed E-state index contributed by atoms with van der Waals surface area (Å²) in [6.45, 7) is 1.91. The van der Waals surface area contributed by atoms with E-state index in [1.54, 1.807) is 12.1 Å². The van der Waals surface area contributed by atoms with Gasteiger partial charge in [0.2, 0.25) is 5.91 Å². The Bertz CT molecular complexity index is 1450. The minimum Gasteiger partial charge on any atom is -0.395 e. The normalized spacial score (nSPS) is 17.0. The third-order valence-corrected chi connectivity index (χ3v) is 7.41. The number of carbonyl (C=O) groups excluding carboxylic acids is 1. The van der Waals surface area contributed by atoms with E-state index >= 15 is 0 Å². The van der Waals surface area contributed by atoms with Gasteiger partial charge in [0.1, 0.15) is 15.7 Å². The van der Waals surface area contributed by atoms with Crippen LogP contribution in [0, 0.1) is 6.92 Å². The van der Waals surface area contributed by atoms with Crippen molar-refractivity contribution < 1.29 is 31.5 Å². The first-order valence-electron chi connectivity index (χ1n) is 11.4. The Balaban J connectivity index is 1.33. The average Bonchev–Trinajstić information content (AvgIpc) is 3.56. The lowest BCUT2D eigenvalue weighted by Gasteiger charge is -2.17. The third-order valence-electron chi connectivity index (χ3n) is 6.47. The molecular formula is C26H24F2N2O5S. The Kier molecular flexibility index (Phi) is 5.74. The van der Waals surface area contributed by atoms with Gasteiger partial charge in [0.25, 0.3) is 0 Å². The minimum atomic E-state index is -3.71. The van der Waals surface area contributed by atoms with Crippen molar-refractivity contribution in [3.05, 3.63) is 71.3 Å². The number of rotatable bonds is 7. The molecule has 0 saturated heterocycles. The van der Waals surface area contributed by atoms with Crippen LogP contribution in [0.2, 0.25) is 0 Å². The lowest BCUT2D eigenvalue weighted by atomic mass is 9.94. The SMILES string of the molecule is Cc1ccc(NC(=O)C2(c3ccc4c(c3)OC(F)(F)O4)CC2)nc1-c1ccc(CCS(C)(=O)=O)cc1. The van der Waals surface area contributed by atoms with Crippen LogP contribution in [0.15, 0.2) is 54.6 Å². The maximum atomic E-state index is 13.4. The second-order valence-electron chi connectivity index (χ2n) is 9.30. The summed E-state index contributed by atoms with van der Waals surface area (Å²) in [5.74, 6) is 0.0323. The Labute approximate surface area is 207 Å². The summed E-state index contributed by atoms with van der Waals surface area (Å²) in [4.78, 5) is 17.9. The number of nitrogens with one attached hydrogen (secondary N) is 1. The monoisotopic (exact) mass is 514 g/mol. The van der Waals surface area contributed by atoms with Crippen LogP contribution in [0.1, 0.15) is 29.5 Å². The predicted molar refractivity (Wildman–Crippen MR) is 130 cm³/mol. The maximum absolute atomic E-state index is 13.4. The lowest BCUT2D eigenvalue weighted by molar-refractivity contribution is -0.286. The highest BCUT2D eigenvalue weighted by molar-refractivity contribution is 7.90. The van der Waals surface area contributed by atoms with E-state index in [2.05, 4.69) is 19.8 Å². The van der Waals surface area contributed by atoms with Crippen molar-refractivity contribution in [1.29, 1.82) is 0 Å². The number of pyridine rings is 1. The molecule has 1 amide bonds. The van der Waals surface area contributed by atoms with Crippen molar-refractivity contribution >= 4 is 21.6 Å². The second kappa shape index (κ2) is 8.55. The summed E-state index contributed by atoms with van der Waals surface area (Å²) in [6, 6.07) is 15.5. The molecule has 0 spiro atoms. The molecule has 3 aromatic rings. The van der Waals surface area contributed by atoms with E-state index in [0.717, 1.165) is 16.7 Å². The van der Waals surface area contributed by atoms with E-state index in [-0.39, 0.29) is 23.2 Å². The number of benzene rings is 2. The van der Waals surface area contributed by atoms with Crippen molar-refractivity contribution in [1.82, 2.24) is 4.98 Å². The first-order valence-corrected chi connectivity index (χ1v) is 13.5. The molecule has 10 heteroatoms. The van der Waals surface area contributed by atoms with Crippen molar-refractivity contribution in [3.63, 3.8) is 0 Å². The molecule has 2 aromatic carbocycles. The van der Waals surface area contributed by atoms with Crippen LogP contribution in [0.3, 0.4) is 0 Å². The predicted octanol–water partition coefficient (Wildman–Crippen LogP) is 4.64. The molecular weight excluding hydrogens is 490 g/mol. The Morgan fingerprint density at radius 1 is 1.03 bits per heavy atom. The summed E-state index contributed by atoms with van der Waals surface area (Å²) in [5, 5.41) is 2.88. The molecule has 7 nitrogen and oxygen atoms in total. The van der Waals surface area contributed by atoms with E-state index < -0.39 is 21.5 Å². The molecule has 36 heavy (non-hydrogen) atoms. The number of anilines is 1. The van der Waals surface area contributed by atoms with Crippen LogP contribution in [0.5, 0.6) is 11.5 Å². The molecule has 1 saturated carbocycles. The van der Waals surface area contributed by atoms with E-state index in [4.69, 9.17) is 0 Å². The van der Waals surface area contributed by atoms with E-state index in [0.29, 0.717) is 36.3 Å². The standard InChI is InChI=1S/C26H24F2N2O5S/c1-16-3-10-22(29-23(16)18-6-4-17(5-7-18)11-14-36(2,32)33)30-24(31)25(12-13-25)19-8-9-20-21(15-19)35-26(27,28)34-20/h3-10,15H,11-14H2,1-2H3,(H,29,30,31). The molecule has 0 bridgehead atoms. The fraction of sp³-hybridized carbons (Fsp3) is 0.308. The van der Waals surface area contributed by atoms with Gasteiger partial charge >= 0.3 is 6.29 Å². The van der Waals surface area contributed by atoms with Gasteiger partial charge in [-0.1, -0.05) is 36.4 Å². The van der Waals surface area contributed by atoms with Gasteiger partial charge in [0.05, 0.1) is 16.9 Å². The zero-order chi connectivity index (χ0) is 25.7. The van der Waals surface area contributed by atoms with Crippen molar-refractivity contribution in [2.45, 2.75) is 37.9 Å². The first-order chi connectivity index (χ1) is 16.9. The number of hydrogen-bond acceptors (Lipinski definition) is 6. The molecule has 1 aromatic heterocycles. The molecule has 2 heterocycles. The van der Waals surface area contributed by atoms with E-state index in [9.17, 15) is 22.0 Å². The second-order valence-corrected chi connectivity index (χ2v) is 11.6. The number of hydrogen-bond donors (Lipinski definition) is 1. The van der Waals surface area contributed by atoms with Gasteiger partial charge in [-0.3, -0.25) is 4.79 Å². The lowest BCUT2D eigenvalue weighted by Crippen LogP contribution is -2.28. The van der Waals surface area contributed by atoms with Crippen LogP contribution in [0.4, 0.5) is 14.6 Å². The quantitative estimate of drug-likeness (QED) is 0.494. The highest BCUT2D eigenvalue weighted by Crippen LogP contribution is 2.52. The smallest absolute Gasteiger partial charge is 0.395 e. The van der Waals surface area contributed by atoms with Gasteiger partial charge in [-0.2, -0.15) is 0 Å². The zero-order valence-electron chi connectivity index (χ0n) is 19.7. The highest BCUT2D eigenvalue weighted by atomic mass is 32.2. The van der Waals surface area contributed by atoms with Crippen LogP contribution in [0.25, 0.3) is 11.3 Å². The van der Waals surface area contributed by atoms with Gasteiger partial charge in [-0.05, 0) is 61.1 Å². The number of carbonyl (C=O) groups is 1. The molecule has 5 rings (SSSR count). The number of nitrogens with zero attached hydrogens (tertiary/aromatic N) is 1. The van der Waals surface area contributed by atoms with Gasteiger partial charge < -0.3 is 14.8 Å². The van der Waals surface area contributed by atoms with Crippen LogP contribution in [-0.2, 0) is 26.5 Å². The summed E-state index contributed by atoms with van der Waals surface area (Å²) in [6.07, 6.45) is -0.925. The van der Waals surface area contributed by atoms with Crippen LogP contribution >= 0.6 is 0 Å². The summed E-state index contributed by atoms with van der Waals surface area (Å²) in [7, 11) is -3.04.